The first-order valence-corrected chi connectivity index (χ1v) is 17.9. The highest BCUT2D eigenvalue weighted by atomic mass is 15.1. The summed E-state index contributed by atoms with van der Waals surface area (Å²) in [5.74, 6) is 3.59. The maximum absolute atomic E-state index is 5.32. The number of para-hydroxylation sites is 3. The molecule has 0 amide bonds. The molecular weight excluding hydrogens is 609 g/mol. The van der Waals surface area contributed by atoms with Crippen molar-refractivity contribution in [3.8, 4) is 50.7 Å². The molecule has 2 heterocycles. The fraction of sp³-hybridized carbons (Fsp3) is 0.152. The van der Waals surface area contributed by atoms with Gasteiger partial charge in [0.05, 0.1) is 33.5 Å². The minimum absolute atomic E-state index is 0.759. The molecule has 0 N–H and O–H groups in total. The van der Waals surface area contributed by atoms with Crippen LogP contribution in [0.15, 0.2) is 146 Å². The number of hydrogen-bond donors (Lipinski definition) is 0. The van der Waals surface area contributed by atoms with E-state index in [0.717, 1.165) is 97.9 Å². The summed E-state index contributed by atoms with van der Waals surface area (Å²) >= 11 is 0. The van der Waals surface area contributed by atoms with Crippen LogP contribution in [0.1, 0.15) is 36.8 Å². The zero-order valence-corrected chi connectivity index (χ0v) is 28.0. The van der Waals surface area contributed by atoms with E-state index in [9.17, 15) is 0 Å². The van der Waals surface area contributed by atoms with E-state index in [2.05, 4.69) is 127 Å². The summed E-state index contributed by atoms with van der Waals surface area (Å²) in [6, 6.07) is 51.5. The topological polar surface area (TPSA) is 43.6 Å². The average Bonchev–Trinajstić information content (AvgIpc) is 4.08. The van der Waals surface area contributed by atoms with Crippen molar-refractivity contribution in [3.63, 3.8) is 0 Å². The van der Waals surface area contributed by atoms with Gasteiger partial charge < -0.3 is 0 Å². The van der Waals surface area contributed by atoms with Crippen molar-refractivity contribution < 1.29 is 0 Å². The molecule has 2 aromatic heterocycles. The molecule has 2 fully saturated rings. The van der Waals surface area contributed by atoms with Crippen LogP contribution in [-0.4, -0.2) is 19.5 Å². The van der Waals surface area contributed by atoms with Gasteiger partial charge in [-0.3, -0.25) is 4.57 Å². The van der Waals surface area contributed by atoms with Gasteiger partial charge in [0.15, 0.2) is 0 Å². The summed E-state index contributed by atoms with van der Waals surface area (Å²) in [4.78, 5) is 15.5. The van der Waals surface area contributed by atoms with Crippen molar-refractivity contribution in [1.82, 2.24) is 19.5 Å². The lowest BCUT2D eigenvalue weighted by Crippen LogP contribution is -2.00. The second-order valence-electron chi connectivity index (χ2n) is 13.9. The highest BCUT2D eigenvalue weighted by Gasteiger charge is 2.64. The molecule has 10 rings (SSSR count). The Morgan fingerprint density at radius 1 is 0.540 bits per heavy atom. The zero-order valence-electron chi connectivity index (χ0n) is 28.0. The van der Waals surface area contributed by atoms with Crippen LogP contribution in [0.3, 0.4) is 0 Å². The predicted molar refractivity (Wildman–Crippen MR) is 204 cm³/mol. The molecule has 2 aliphatic carbocycles. The van der Waals surface area contributed by atoms with E-state index in [1.807, 2.05) is 30.3 Å². The van der Waals surface area contributed by atoms with Crippen molar-refractivity contribution >= 4 is 22.1 Å². The van der Waals surface area contributed by atoms with Gasteiger partial charge in [0.1, 0.15) is 5.82 Å². The lowest BCUT2D eigenvalue weighted by atomic mass is 9.94. The molecule has 8 aromatic rings. The fourth-order valence-electron chi connectivity index (χ4n) is 7.88. The molecule has 2 aliphatic rings. The number of aryl methyl sites for hydroxylation is 1. The Bertz CT molecular complexity index is 2510. The quantitative estimate of drug-likeness (QED) is 0.165. The van der Waals surface area contributed by atoms with E-state index < -0.39 is 0 Å². The van der Waals surface area contributed by atoms with Crippen LogP contribution < -0.4 is 0 Å². The maximum atomic E-state index is 5.32. The molecule has 2 unspecified atom stereocenters. The molecule has 2 atom stereocenters. The van der Waals surface area contributed by atoms with Crippen LogP contribution in [-0.2, 0) is 6.42 Å². The summed E-state index contributed by atoms with van der Waals surface area (Å²) in [7, 11) is 0. The minimum atomic E-state index is 0.759. The smallest absolute Gasteiger partial charge is 0.145 e. The van der Waals surface area contributed by atoms with E-state index in [-0.39, 0.29) is 0 Å². The van der Waals surface area contributed by atoms with Gasteiger partial charge in [-0.15, -0.1) is 0 Å². The lowest BCUT2D eigenvalue weighted by Gasteiger charge is -2.14. The van der Waals surface area contributed by atoms with Gasteiger partial charge in [-0.1, -0.05) is 123 Å². The van der Waals surface area contributed by atoms with E-state index >= 15 is 0 Å². The van der Waals surface area contributed by atoms with Crippen molar-refractivity contribution in [3.05, 3.63) is 157 Å². The number of hydrogen-bond acceptors (Lipinski definition) is 3. The summed E-state index contributed by atoms with van der Waals surface area (Å²) in [5, 5.41) is 0. The van der Waals surface area contributed by atoms with E-state index in [1.54, 1.807) is 5.56 Å². The van der Waals surface area contributed by atoms with Gasteiger partial charge in [-0.25, -0.2) is 15.0 Å². The summed E-state index contributed by atoms with van der Waals surface area (Å²) in [5.41, 5.74) is 15.6. The molecule has 0 spiro atoms. The first kappa shape index (κ1) is 29.1. The summed E-state index contributed by atoms with van der Waals surface area (Å²) < 4.78 is 2.35. The Morgan fingerprint density at radius 2 is 1.08 bits per heavy atom. The van der Waals surface area contributed by atoms with Gasteiger partial charge in [0, 0.05) is 22.4 Å². The molecule has 4 heteroatoms. The average molecular weight is 645 g/mol. The monoisotopic (exact) mass is 644 g/mol. The van der Waals surface area contributed by atoms with Crippen LogP contribution in [0.2, 0.25) is 0 Å². The third kappa shape index (κ3) is 4.94. The minimum Gasteiger partial charge on any atom is -0.292 e. The van der Waals surface area contributed by atoms with E-state index in [1.165, 1.54) is 17.5 Å². The second kappa shape index (κ2) is 11.6. The molecule has 2 saturated carbocycles. The molecule has 0 bridgehead atoms. The standard InChI is InChI=1S/C46H36N4/c1-2-11-34-26-42-41(28-36(34)43-37-27-38(37)43)49-46(50(42)35-14-7-4-8-15-35)33-24-20-30(21-25-33)29-18-22-32(23-19-29)45-44(31-12-5-3-6-13-31)47-39-16-9-10-17-40(39)48-45/h3-10,12-26,28,37-38,43H,2,11,27H2,1H3. The van der Waals surface area contributed by atoms with Gasteiger partial charge in [-0.2, -0.15) is 0 Å². The highest BCUT2D eigenvalue weighted by molar-refractivity contribution is 5.88. The largest absolute Gasteiger partial charge is 0.292 e. The van der Waals surface area contributed by atoms with Crippen LogP contribution in [0, 0.1) is 11.8 Å². The number of imidazole rings is 1. The summed E-state index contributed by atoms with van der Waals surface area (Å²) in [6.45, 7) is 2.29. The van der Waals surface area contributed by atoms with Gasteiger partial charge >= 0.3 is 0 Å². The predicted octanol–water partition coefficient (Wildman–Crippen LogP) is 11.3. The summed E-state index contributed by atoms with van der Waals surface area (Å²) in [6.07, 6.45) is 3.68. The number of aromatic nitrogens is 4. The van der Waals surface area contributed by atoms with Crippen molar-refractivity contribution in [2.45, 2.75) is 32.1 Å². The normalized spacial score (nSPS) is 17.6. The Balaban J connectivity index is 1.02. The van der Waals surface area contributed by atoms with Crippen molar-refractivity contribution in [2.75, 3.05) is 0 Å². The SMILES string of the molecule is CCCc1cc2c(cc1C1C3CC31)nc(-c1ccc(-c3ccc(-c4nc5ccccc5nc4-c4ccccc4)cc3)cc1)n2-c1ccccc1. The van der Waals surface area contributed by atoms with Crippen molar-refractivity contribution in [1.29, 1.82) is 0 Å². The second-order valence-corrected chi connectivity index (χ2v) is 13.9. The first-order chi connectivity index (χ1) is 24.7. The van der Waals surface area contributed by atoms with Crippen LogP contribution in [0.25, 0.3) is 72.8 Å². The number of nitrogens with zero attached hydrogens (tertiary/aromatic N) is 4. The molecule has 0 saturated heterocycles. The molecule has 50 heavy (non-hydrogen) atoms. The van der Waals surface area contributed by atoms with Gasteiger partial charge in [-0.05, 0) is 89.2 Å². The van der Waals surface area contributed by atoms with Crippen LogP contribution in [0.5, 0.6) is 0 Å². The molecule has 0 aliphatic heterocycles. The first-order valence-electron chi connectivity index (χ1n) is 17.9. The highest BCUT2D eigenvalue weighted by Crippen LogP contribution is 2.73. The molecular formula is C46H36N4. The van der Waals surface area contributed by atoms with Gasteiger partial charge in [0.2, 0.25) is 0 Å². The van der Waals surface area contributed by atoms with E-state index in [0.29, 0.717) is 0 Å². The molecule has 0 radical (unpaired) electrons. The number of benzene rings is 6. The lowest BCUT2D eigenvalue weighted by molar-refractivity contribution is 0.760. The van der Waals surface area contributed by atoms with Gasteiger partial charge in [0.25, 0.3) is 0 Å². The van der Waals surface area contributed by atoms with Crippen LogP contribution >= 0.6 is 0 Å². The Kier molecular flexibility index (Phi) is 6.76. The fourth-order valence-corrected chi connectivity index (χ4v) is 7.88. The third-order valence-corrected chi connectivity index (χ3v) is 10.7. The Hall–Kier alpha value is -5.87. The van der Waals surface area contributed by atoms with E-state index in [4.69, 9.17) is 15.0 Å². The van der Waals surface area contributed by atoms with Crippen molar-refractivity contribution in [2.24, 2.45) is 11.8 Å². The zero-order chi connectivity index (χ0) is 33.2. The Morgan fingerprint density at radius 3 is 1.66 bits per heavy atom. The maximum Gasteiger partial charge on any atom is 0.145 e. The van der Waals surface area contributed by atoms with Crippen LogP contribution in [0.4, 0.5) is 0 Å². The number of rotatable bonds is 8. The molecule has 240 valence electrons. The number of fused-ring (bicyclic) bond motifs is 3. The molecule has 6 aromatic carbocycles. The third-order valence-electron chi connectivity index (χ3n) is 10.7. The Labute approximate surface area is 292 Å². The molecule has 4 nitrogen and oxygen atoms in total.